The molecule has 0 aliphatic carbocycles. The van der Waals surface area contributed by atoms with Crippen LogP contribution in [0.15, 0.2) is 60.7 Å². The van der Waals surface area contributed by atoms with Crippen LogP contribution in [0.5, 0.6) is 0 Å². The van der Waals surface area contributed by atoms with Gasteiger partial charge in [0.15, 0.2) is 0 Å². The lowest BCUT2D eigenvalue weighted by Gasteiger charge is -2.23. The van der Waals surface area contributed by atoms with E-state index in [1.807, 2.05) is 12.1 Å². The Morgan fingerprint density at radius 1 is 0.850 bits per heavy atom. The molecule has 2 aromatic carbocycles. The monoisotopic (exact) mass is 311 g/mol. The van der Waals surface area contributed by atoms with Crippen molar-refractivity contribution in [3.63, 3.8) is 0 Å². The number of hydrogen-bond donors (Lipinski definition) is 3. The summed E-state index contributed by atoms with van der Waals surface area (Å²) in [6.07, 6.45) is 0. The zero-order valence-electron chi connectivity index (χ0n) is 11.1. The molecule has 3 N–H and O–H groups in total. The molecule has 4 nitrogen and oxygen atoms in total. The first kappa shape index (κ1) is 16.8. The molecule has 2 rings (SSSR count). The summed E-state index contributed by atoms with van der Waals surface area (Å²) in [5.41, 5.74) is 2.48. The molecule has 6 heteroatoms. The zero-order valence-corrected chi connectivity index (χ0v) is 12.8. The molecule has 2 aromatic rings. The third-order valence-electron chi connectivity index (χ3n) is 2.45. The number of para-hydroxylation sites is 2. The molecule has 108 valence electrons. The molecule has 0 aromatic heterocycles. The summed E-state index contributed by atoms with van der Waals surface area (Å²) in [6.45, 7) is -0.659. The summed E-state index contributed by atoms with van der Waals surface area (Å²) in [5, 5.41) is 0. The summed E-state index contributed by atoms with van der Waals surface area (Å²) >= 11 is 3.60. The largest absolute Gasteiger partial charge is 0.342 e. The van der Waals surface area contributed by atoms with E-state index >= 15 is 0 Å². The van der Waals surface area contributed by atoms with Crippen LogP contribution in [0, 0.1) is 0 Å². The van der Waals surface area contributed by atoms with Crippen molar-refractivity contribution in [1.29, 1.82) is 0 Å². The van der Waals surface area contributed by atoms with E-state index in [0.29, 0.717) is 0 Å². The minimum Gasteiger partial charge on any atom is -0.342 e. The molecule has 0 unspecified atom stereocenters. The van der Waals surface area contributed by atoms with E-state index in [9.17, 15) is 0 Å². The molecule has 0 aliphatic rings. The van der Waals surface area contributed by atoms with Crippen molar-refractivity contribution in [3.8, 4) is 0 Å². The van der Waals surface area contributed by atoms with Crippen LogP contribution in [0.1, 0.15) is 6.92 Å². The highest BCUT2D eigenvalue weighted by Crippen LogP contribution is 2.26. The van der Waals surface area contributed by atoms with E-state index in [4.69, 9.17) is 14.7 Å². The van der Waals surface area contributed by atoms with E-state index in [1.54, 1.807) is 0 Å². The smallest absolute Gasteiger partial charge is 0.319 e. The topological polar surface area (TPSA) is 63.9 Å². The van der Waals surface area contributed by atoms with Crippen LogP contribution in [-0.4, -0.2) is 21.2 Å². The van der Waals surface area contributed by atoms with E-state index < -0.39 is 6.72 Å². The summed E-state index contributed by atoms with van der Waals surface area (Å²) in [6, 6.07) is 20.9. The predicted octanol–water partition coefficient (Wildman–Crippen LogP) is 3.03. The Labute approximate surface area is 124 Å². The van der Waals surface area contributed by atoms with E-state index in [-0.39, 0.29) is 0 Å². The van der Waals surface area contributed by atoms with Gasteiger partial charge in [0.2, 0.25) is 0 Å². The third-order valence-corrected chi connectivity index (χ3v) is 2.45. The highest BCUT2D eigenvalue weighted by Gasteiger charge is 2.04. The van der Waals surface area contributed by atoms with Crippen molar-refractivity contribution in [2.45, 2.75) is 6.92 Å². The molecule has 0 aliphatic heterocycles. The van der Waals surface area contributed by atoms with Gasteiger partial charge in [-0.1, -0.05) is 36.4 Å². The lowest BCUT2D eigenvalue weighted by atomic mass is 10.2. The van der Waals surface area contributed by atoms with Crippen LogP contribution in [0.2, 0.25) is 0 Å². The average Bonchev–Trinajstić information content (AvgIpc) is 2.40. The van der Waals surface area contributed by atoms with Crippen molar-refractivity contribution >= 4 is 29.9 Å². The van der Waals surface area contributed by atoms with Gasteiger partial charge in [-0.25, -0.2) is 0 Å². The van der Waals surface area contributed by atoms with Gasteiger partial charge in [-0.3, -0.25) is 0 Å². The van der Waals surface area contributed by atoms with Gasteiger partial charge in [-0.15, -0.1) is 0 Å². The molecule has 0 saturated carbocycles. The Balaban J connectivity index is 0.000000347. The van der Waals surface area contributed by atoms with Crippen molar-refractivity contribution in [2.24, 2.45) is 0 Å². The summed E-state index contributed by atoms with van der Waals surface area (Å²) in [7, 11) is 0. The Morgan fingerprint density at radius 3 is 1.40 bits per heavy atom. The van der Waals surface area contributed by atoms with Crippen molar-refractivity contribution < 1.29 is 14.7 Å². The Bertz CT molecular complexity index is 497. The summed E-state index contributed by atoms with van der Waals surface area (Å²) < 4.78 is 0. The van der Waals surface area contributed by atoms with Gasteiger partial charge in [0, 0.05) is 17.9 Å². The zero-order chi connectivity index (χ0) is 15.0. The molecule has 0 atom stereocenters. The molecular weight excluding hydrogens is 293 g/mol. The fourth-order valence-electron chi connectivity index (χ4n) is 1.73. The van der Waals surface area contributed by atoms with Crippen LogP contribution in [0.4, 0.5) is 11.4 Å². The third kappa shape index (κ3) is 6.80. The van der Waals surface area contributed by atoms with E-state index in [0.717, 1.165) is 6.54 Å². The highest BCUT2D eigenvalue weighted by atomic mass is 32.5. The Kier molecular flexibility index (Phi) is 6.85. The van der Waals surface area contributed by atoms with Gasteiger partial charge in [-0.2, -0.15) is 0 Å². The molecule has 0 spiro atoms. The first-order valence-electron chi connectivity index (χ1n) is 6.07. The first-order valence-corrected chi connectivity index (χ1v) is 8.74. The number of nitrogens with zero attached hydrogens (tertiary/aromatic N) is 1. The minimum atomic E-state index is -3.81. The normalized spacial score (nSPS) is 10.4. The molecule has 0 radical (unpaired) electrons. The van der Waals surface area contributed by atoms with Gasteiger partial charge in [0.25, 0.3) is 0 Å². The maximum absolute atomic E-state index is 7.56. The summed E-state index contributed by atoms with van der Waals surface area (Å²) in [4.78, 5) is 25.0. The van der Waals surface area contributed by atoms with E-state index in [2.05, 4.69) is 72.2 Å². The fraction of sp³-hybridized carbons (Fsp3) is 0.143. The van der Waals surface area contributed by atoms with Gasteiger partial charge in [0.1, 0.15) is 0 Å². The standard InChI is InChI=1S/C14H15N.H3O3PS/c1-2-15(13-9-5-3-6-10-13)14-11-7-4-8-12-14;1-4(2,3)5/h3-12H,2H2,1H3;(H3,1,2,3,5). The average molecular weight is 311 g/mol. The molecular formula is C14H18NO3PS. The lowest BCUT2D eigenvalue weighted by Crippen LogP contribution is -2.15. The van der Waals surface area contributed by atoms with Gasteiger partial charge in [0.05, 0.1) is 0 Å². The minimum absolute atomic E-state index is 0.980. The van der Waals surface area contributed by atoms with E-state index in [1.165, 1.54) is 11.4 Å². The molecule has 0 fully saturated rings. The van der Waals surface area contributed by atoms with Crippen LogP contribution in [0.3, 0.4) is 0 Å². The van der Waals surface area contributed by atoms with Crippen LogP contribution in [-0.2, 0) is 11.8 Å². The first-order chi connectivity index (χ1) is 9.42. The van der Waals surface area contributed by atoms with Crippen LogP contribution in [0.25, 0.3) is 0 Å². The number of rotatable bonds is 3. The second-order valence-corrected chi connectivity index (χ2v) is 6.42. The lowest BCUT2D eigenvalue weighted by molar-refractivity contribution is 0.363. The maximum Gasteiger partial charge on any atom is 0.319 e. The fourth-order valence-corrected chi connectivity index (χ4v) is 1.73. The molecule has 0 bridgehead atoms. The molecule has 0 saturated heterocycles. The maximum atomic E-state index is 7.56. The second-order valence-electron chi connectivity index (χ2n) is 3.93. The second kappa shape index (κ2) is 8.15. The number of hydrogen-bond acceptors (Lipinski definition) is 2. The highest BCUT2D eigenvalue weighted by molar-refractivity contribution is 8.06. The van der Waals surface area contributed by atoms with Gasteiger partial charge < -0.3 is 19.6 Å². The summed E-state index contributed by atoms with van der Waals surface area (Å²) in [5.74, 6) is 0. The number of anilines is 2. The quantitative estimate of drug-likeness (QED) is 0.761. The van der Waals surface area contributed by atoms with Crippen molar-refractivity contribution in [2.75, 3.05) is 11.4 Å². The molecule has 0 heterocycles. The molecule has 0 amide bonds. The van der Waals surface area contributed by atoms with Gasteiger partial charge in [-0.05, 0) is 43.0 Å². The Hall–Kier alpha value is -1.23. The predicted molar refractivity (Wildman–Crippen MR) is 86.5 cm³/mol. The Morgan fingerprint density at radius 2 is 1.15 bits per heavy atom. The molecule has 20 heavy (non-hydrogen) atoms. The SMILES string of the molecule is CCN(c1ccccc1)c1ccccc1.OP(O)(O)=S. The van der Waals surface area contributed by atoms with Crippen molar-refractivity contribution in [1.82, 2.24) is 0 Å². The van der Waals surface area contributed by atoms with Crippen LogP contribution >= 0.6 is 6.72 Å². The van der Waals surface area contributed by atoms with Crippen LogP contribution < -0.4 is 4.90 Å². The van der Waals surface area contributed by atoms with Gasteiger partial charge >= 0.3 is 6.72 Å². The number of benzene rings is 2. The van der Waals surface area contributed by atoms with Crippen molar-refractivity contribution in [3.05, 3.63) is 60.7 Å².